The molecular formula is C11H16ClN3. The molecule has 1 aromatic heterocycles. The number of anilines is 1. The van der Waals surface area contributed by atoms with Crippen molar-refractivity contribution in [3.63, 3.8) is 0 Å². The molecule has 1 aromatic rings. The highest BCUT2D eigenvalue weighted by Gasteiger charge is 2.21. The van der Waals surface area contributed by atoms with Gasteiger partial charge in [0, 0.05) is 12.1 Å². The van der Waals surface area contributed by atoms with Crippen molar-refractivity contribution in [2.45, 2.75) is 38.6 Å². The van der Waals surface area contributed by atoms with Crippen LogP contribution in [0.2, 0.25) is 5.15 Å². The summed E-state index contributed by atoms with van der Waals surface area (Å²) in [6.07, 6.45) is 6.68. The van der Waals surface area contributed by atoms with Crippen LogP contribution in [0.4, 0.5) is 5.82 Å². The van der Waals surface area contributed by atoms with E-state index in [0.717, 1.165) is 5.82 Å². The Balaban J connectivity index is 2.01. The first-order chi connectivity index (χ1) is 7.25. The van der Waals surface area contributed by atoms with Crippen LogP contribution in [0.25, 0.3) is 0 Å². The zero-order valence-corrected chi connectivity index (χ0v) is 9.67. The predicted octanol–water partition coefficient (Wildman–Crippen LogP) is 3.12. The third kappa shape index (κ3) is 2.81. The van der Waals surface area contributed by atoms with Crippen molar-refractivity contribution in [3.8, 4) is 0 Å². The van der Waals surface area contributed by atoms with Crippen LogP contribution < -0.4 is 5.32 Å². The molecule has 0 aromatic carbocycles. The summed E-state index contributed by atoms with van der Waals surface area (Å²) >= 11 is 5.81. The molecule has 0 bridgehead atoms. The molecular weight excluding hydrogens is 210 g/mol. The average molecular weight is 226 g/mol. The number of hydrogen-bond acceptors (Lipinski definition) is 3. The van der Waals surface area contributed by atoms with E-state index in [9.17, 15) is 0 Å². The summed E-state index contributed by atoms with van der Waals surface area (Å²) in [5, 5.41) is 3.93. The summed E-state index contributed by atoms with van der Waals surface area (Å²) in [5.74, 6) is 1.56. The lowest BCUT2D eigenvalue weighted by molar-refractivity contribution is 0.349. The van der Waals surface area contributed by atoms with Crippen LogP contribution in [-0.2, 0) is 0 Å². The van der Waals surface area contributed by atoms with Crippen molar-refractivity contribution >= 4 is 17.4 Å². The van der Waals surface area contributed by atoms with Gasteiger partial charge < -0.3 is 5.32 Å². The van der Waals surface area contributed by atoms with Gasteiger partial charge in [-0.2, -0.15) is 0 Å². The number of aromatic nitrogens is 2. The monoisotopic (exact) mass is 225 g/mol. The van der Waals surface area contributed by atoms with Crippen molar-refractivity contribution in [1.29, 1.82) is 0 Å². The van der Waals surface area contributed by atoms with E-state index in [4.69, 9.17) is 11.6 Å². The fraction of sp³-hybridized carbons (Fsp3) is 0.636. The van der Waals surface area contributed by atoms with Crippen molar-refractivity contribution in [2.75, 3.05) is 5.32 Å². The third-order valence-electron chi connectivity index (χ3n) is 3.08. The van der Waals surface area contributed by atoms with Gasteiger partial charge in [0.25, 0.3) is 0 Å². The maximum atomic E-state index is 5.81. The standard InChI is InChI=1S/C11H16ClN3/c1-8-4-2-3-5-9(8)15-11-6-10(12)13-7-14-11/h6-9H,2-5H2,1H3,(H,13,14,15)/t8-,9+/m0/s1. The fourth-order valence-electron chi connectivity index (χ4n) is 2.13. The number of halogens is 1. The van der Waals surface area contributed by atoms with Crippen LogP contribution >= 0.6 is 11.6 Å². The van der Waals surface area contributed by atoms with E-state index in [1.54, 1.807) is 6.07 Å². The van der Waals surface area contributed by atoms with Crippen LogP contribution in [0, 0.1) is 5.92 Å². The Morgan fingerprint density at radius 1 is 1.33 bits per heavy atom. The van der Waals surface area contributed by atoms with Gasteiger partial charge in [0.05, 0.1) is 0 Å². The van der Waals surface area contributed by atoms with Gasteiger partial charge in [0.2, 0.25) is 0 Å². The maximum absolute atomic E-state index is 5.81. The van der Waals surface area contributed by atoms with E-state index in [1.165, 1.54) is 32.0 Å². The van der Waals surface area contributed by atoms with Gasteiger partial charge in [0.15, 0.2) is 0 Å². The molecule has 0 aliphatic heterocycles. The van der Waals surface area contributed by atoms with Crippen LogP contribution in [0.3, 0.4) is 0 Å². The fourth-order valence-corrected chi connectivity index (χ4v) is 2.28. The zero-order valence-electron chi connectivity index (χ0n) is 8.91. The van der Waals surface area contributed by atoms with Crippen LogP contribution in [0.1, 0.15) is 32.6 Å². The molecule has 15 heavy (non-hydrogen) atoms. The highest BCUT2D eigenvalue weighted by molar-refractivity contribution is 6.29. The summed E-state index contributed by atoms with van der Waals surface area (Å²) in [5.41, 5.74) is 0. The second kappa shape index (κ2) is 4.79. The molecule has 1 saturated carbocycles. The van der Waals surface area contributed by atoms with Gasteiger partial charge >= 0.3 is 0 Å². The smallest absolute Gasteiger partial charge is 0.134 e. The highest BCUT2D eigenvalue weighted by Crippen LogP contribution is 2.26. The number of nitrogens with one attached hydrogen (secondary N) is 1. The largest absolute Gasteiger partial charge is 0.367 e. The van der Waals surface area contributed by atoms with E-state index in [1.807, 2.05) is 0 Å². The van der Waals surface area contributed by atoms with Crippen LogP contribution in [-0.4, -0.2) is 16.0 Å². The van der Waals surface area contributed by atoms with Gasteiger partial charge in [-0.15, -0.1) is 0 Å². The zero-order chi connectivity index (χ0) is 10.7. The quantitative estimate of drug-likeness (QED) is 0.786. The Morgan fingerprint density at radius 3 is 2.87 bits per heavy atom. The lowest BCUT2D eigenvalue weighted by Gasteiger charge is -2.29. The second-order valence-electron chi connectivity index (χ2n) is 4.24. The van der Waals surface area contributed by atoms with Gasteiger partial charge in [0.1, 0.15) is 17.3 Å². The Labute approximate surface area is 95.3 Å². The molecule has 2 atom stereocenters. The molecule has 0 saturated heterocycles. The van der Waals surface area contributed by atoms with E-state index in [-0.39, 0.29) is 0 Å². The average Bonchev–Trinajstić information content (AvgIpc) is 2.22. The van der Waals surface area contributed by atoms with E-state index < -0.39 is 0 Å². The Kier molecular flexibility index (Phi) is 3.41. The first-order valence-electron chi connectivity index (χ1n) is 5.50. The minimum atomic E-state index is 0.496. The first kappa shape index (κ1) is 10.7. The van der Waals surface area contributed by atoms with Gasteiger partial charge in [-0.25, -0.2) is 9.97 Å². The summed E-state index contributed by atoms with van der Waals surface area (Å²) in [4.78, 5) is 8.03. The van der Waals surface area contributed by atoms with Crippen molar-refractivity contribution in [1.82, 2.24) is 9.97 Å². The van der Waals surface area contributed by atoms with Crippen LogP contribution in [0.15, 0.2) is 12.4 Å². The molecule has 1 heterocycles. The molecule has 1 aliphatic carbocycles. The predicted molar refractivity (Wildman–Crippen MR) is 62.1 cm³/mol. The normalized spacial score (nSPS) is 26.3. The van der Waals surface area contributed by atoms with E-state index in [0.29, 0.717) is 17.1 Å². The third-order valence-corrected chi connectivity index (χ3v) is 3.29. The second-order valence-corrected chi connectivity index (χ2v) is 4.63. The van der Waals surface area contributed by atoms with Crippen molar-refractivity contribution in [2.24, 2.45) is 5.92 Å². The molecule has 3 nitrogen and oxygen atoms in total. The lowest BCUT2D eigenvalue weighted by Crippen LogP contribution is -2.30. The maximum Gasteiger partial charge on any atom is 0.134 e. The lowest BCUT2D eigenvalue weighted by atomic mass is 9.86. The molecule has 0 radical (unpaired) electrons. The topological polar surface area (TPSA) is 37.8 Å². The Hall–Kier alpha value is -0.830. The van der Waals surface area contributed by atoms with Crippen LogP contribution in [0.5, 0.6) is 0 Å². The van der Waals surface area contributed by atoms with Crippen molar-refractivity contribution in [3.05, 3.63) is 17.5 Å². The first-order valence-corrected chi connectivity index (χ1v) is 5.87. The molecule has 0 unspecified atom stereocenters. The molecule has 1 N–H and O–H groups in total. The number of hydrogen-bond donors (Lipinski definition) is 1. The molecule has 0 spiro atoms. The Bertz CT molecular complexity index is 329. The van der Waals surface area contributed by atoms with E-state index in [2.05, 4.69) is 22.2 Å². The number of nitrogens with zero attached hydrogens (tertiary/aromatic N) is 2. The summed E-state index contributed by atoms with van der Waals surface area (Å²) in [6.45, 7) is 2.29. The minimum absolute atomic E-state index is 0.496. The molecule has 1 fully saturated rings. The summed E-state index contributed by atoms with van der Waals surface area (Å²) in [6, 6.07) is 2.31. The summed E-state index contributed by atoms with van der Waals surface area (Å²) < 4.78 is 0. The van der Waals surface area contributed by atoms with Gasteiger partial charge in [-0.3, -0.25) is 0 Å². The molecule has 82 valence electrons. The minimum Gasteiger partial charge on any atom is -0.367 e. The number of rotatable bonds is 2. The Morgan fingerprint density at radius 2 is 2.13 bits per heavy atom. The van der Waals surface area contributed by atoms with Gasteiger partial charge in [-0.1, -0.05) is 31.4 Å². The van der Waals surface area contributed by atoms with E-state index >= 15 is 0 Å². The molecule has 4 heteroatoms. The van der Waals surface area contributed by atoms with Crippen molar-refractivity contribution < 1.29 is 0 Å². The molecule has 0 amide bonds. The molecule has 2 rings (SSSR count). The highest BCUT2D eigenvalue weighted by atomic mass is 35.5. The SMILES string of the molecule is C[C@H]1CCCC[C@H]1Nc1cc(Cl)ncn1. The molecule has 1 aliphatic rings. The summed E-state index contributed by atoms with van der Waals surface area (Å²) in [7, 11) is 0. The van der Waals surface area contributed by atoms with Gasteiger partial charge in [-0.05, 0) is 18.8 Å².